The molecule has 1 aliphatic carbocycles. The number of aryl methyl sites for hydroxylation is 1. The highest BCUT2D eigenvalue weighted by molar-refractivity contribution is 14.0. The van der Waals surface area contributed by atoms with Gasteiger partial charge >= 0.3 is 0 Å². The minimum absolute atomic E-state index is 0. The molecule has 0 amide bonds. The van der Waals surface area contributed by atoms with Crippen molar-refractivity contribution in [2.24, 2.45) is 4.99 Å². The van der Waals surface area contributed by atoms with E-state index in [-0.39, 0.29) is 24.0 Å². The van der Waals surface area contributed by atoms with Crippen molar-refractivity contribution in [3.8, 4) is 0 Å². The van der Waals surface area contributed by atoms with Gasteiger partial charge in [-0.15, -0.1) is 34.2 Å². The van der Waals surface area contributed by atoms with Crippen LogP contribution >= 0.6 is 24.0 Å². The first-order valence-corrected chi connectivity index (χ1v) is 9.32. The maximum atomic E-state index is 5.38. The molecule has 8 heteroatoms. The largest absolute Gasteiger partial charge is 0.382 e. The number of halogens is 1. The molecule has 0 unspecified atom stereocenters. The Morgan fingerprint density at radius 1 is 1.36 bits per heavy atom. The molecule has 1 heterocycles. The summed E-state index contributed by atoms with van der Waals surface area (Å²) in [5.74, 6) is 1.94. The highest BCUT2D eigenvalue weighted by Crippen LogP contribution is 2.17. The molecular weight excluding hydrogens is 431 g/mol. The van der Waals surface area contributed by atoms with E-state index in [0.29, 0.717) is 6.04 Å². The van der Waals surface area contributed by atoms with E-state index in [2.05, 4.69) is 32.3 Å². The Hall–Kier alpha value is -0.900. The summed E-state index contributed by atoms with van der Waals surface area (Å²) in [6.45, 7) is 8.11. The molecule has 0 radical (unpaired) electrons. The second-order valence-electron chi connectivity index (χ2n) is 6.13. The highest BCUT2D eigenvalue weighted by Gasteiger charge is 2.16. The lowest BCUT2D eigenvalue weighted by Crippen LogP contribution is -2.43. The van der Waals surface area contributed by atoms with Crippen LogP contribution in [0.15, 0.2) is 11.3 Å². The topological polar surface area (TPSA) is 76.4 Å². The molecule has 1 saturated carbocycles. The standard InChI is InChI=1S/C17H32N6O.HI/c1-3-16-22-20-14-23(16)12-11-19-17(18-10-7-13-24-4-2)21-15-8-5-6-9-15;/h14-15H,3-13H2,1-2H3,(H2,18,19,21);1H. The van der Waals surface area contributed by atoms with Crippen molar-refractivity contribution in [2.45, 2.75) is 65.0 Å². The van der Waals surface area contributed by atoms with Gasteiger partial charge in [-0.3, -0.25) is 4.99 Å². The lowest BCUT2D eigenvalue weighted by atomic mass is 10.2. The highest BCUT2D eigenvalue weighted by atomic mass is 127. The van der Waals surface area contributed by atoms with Crippen molar-refractivity contribution >= 4 is 29.9 Å². The zero-order valence-electron chi connectivity index (χ0n) is 15.5. The van der Waals surface area contributed by atoms with Crippen LogP contribution in [0.25, 0.3) is 0 Å². The van der Waals surface area contributed by atoms with E-state index >= 15 is 0 Å². The summed E-state index contributed by atoms with van der Waals surface area (Å²) in [7, 11) is 0. The van der Waals surface area contributed by atoms with Gasteiger partial charge in [-0.05, 0) is 26.2 Å². The van der Waals surface area contributed by atoms with Crippen molar-refractivity contribution in [1.29, 1.82) is 0 Å². The normalized spacial score (nSPS) is 15.2. The number of nitrogens with one attached hydrogen (secondary N) is 2. The van der Waals surface area contributed by atoms with Gasteiger partial charge < -0.3 is 19.9 Å². The molecular formula is C17H33IN6O. The summed E-state index contributed by atoms with van der Waals surface area (Å²) in [4.78, 5) is 4.69. The van der Waals surface area contributed by atoms with E-state index in [0.717, 1.165) is 57.5 Å². The van der Waals surface area contributed by atoms with Crippen LogP contribution in [0.4, 0.5) is 0 Å². The third-order valence-electron chi connectivity index (χ3n) is 4.27. The molecule has 1 aromatic heterocycles. The van der Waals surface area contributed by atoms with E-state index < -0.39 is 0 Å². The molecule has 7 nitrogen and oxygen atoms in total. The van der Waals surface area contributed by atoms with Gasteiger partial charge in [-0.25, -0.2) is 0 Å². The predicted molar refractivity (Wildman–Crippen MR) is 112 cm³/mol. The summed E-state index contributed by atoms with van der Waals surface area (Å²) in [5.41, 5.74) is 0. The first-order chi connectivity index (χ1) is 11.8. The SMILES string of the molecule is CCOCCCN=C(NCCn1cnnc1CC)NC1CCCC1.I. The number of hydrogen-bond acceptors (Lipinski definition) is 4. The number of hydrogen-bond donors (Lipinski definition) is 2. The molecule has 0 atom stereocenters. The Morgan fingerprint density at radius 2 is 2.16 bits per heavy atom. The lowest BCUT2D eigenvalue weighted by Gasteiger charge is -2.17. The third-order valence-corrected chi connectivity index (χ3v) is 4.27. The van der Waals surface area contributed by atoms with Gasteiger partial charge in [0.15, 0.2) is 5.96 Å². The molecule has 0 aromatic carbocycles. The Bertz CT molecular complexity index is 487. The smallest absolute Gasteiger partial charge is 0.191 e. The van der Waals surface area contributed by atoms with Crippen LogP contribution < -0.4 is 10.6 Å². The zero-order chi connectivity index (χ0) is 17.0. The monoisotopic (exact) mass is 464 g/mol. The average molecular weight is 464 g/mol. The predicted octanol–water partition coefficient (Wildman–Crippen LogP) is 2.36. The summed E-state index contributed by atoms with van der Waals surface area (Å²) in [6, 6.07) is 0.559. The van der Waals surface area contributed by atoms with Crippen LogP contribution in [0.1, 0.15) is 51.8 Å². The Kier molecular flexibility index (Phi) is 11.8. The third kappa shape index (κ3) is 8.35. The van der Waals surface area contributed by atoms with Gasteiger partial charge in [0.25, 0.3) is 0 Å². The van der Waals surface area contributed by atoms with Crippen LogP contribution in [0, 0.1) is 0 Å². The number of aliphatic imine (C=N–C) groups is 1. The zero-order valence-corrected chi connectivity index (χ0v) is 17.9. The first-order valence-electron chi connectivity index (χ1n) is 9.32. The minimum atomic E-state index is 0. The molecule has 0 spiro atoms. The van der Waals surface area contributed by atoms with Gasteiger partial charge in [-0.1, -0.05) is 19.8 Å². The average Bonchev–Trinajstić information content (AvgIpc) is 3.25. The van der Waals surface area contributed by atoms with Gasteiger partial charge in [-0.2, -0.15) is 0 Å². The Morgan fingerprint density at radius 3 is 2.88 bits per heavy atom. The molecule has 0 saturated heterocycles. The first kappa shape index (κ1) is 22.1. The summed E-state index contributed by atoms with van der Waals surface area (Å²) < 4.78 is 7.47. The van der Waals surface area contributed by atoms with Crippen molar-refractivity contribution in [2.75, 3.05) is 26.3 Å². The van der Waals surface area contributed by atoms with Crippen LogP contribution in [-0.4, -0.2) is 53.1 Å². The van der Waals surface area contributed by atoms with Gasteiger partial charge in [0, 0.05) is 45.3 Å². The van der Waals surface area contributed by atoms with Gasteiger partial charge in [0.1, 0.15) is 12.2 Å². The minimum Gasteiger partial charge on any atom is -0.382 e. The maximum Gasteiger partial charge on any atom is 0.191 e. The summed E-state index contributed by atoms with van der Waals surface area (Å²) >= 11 is 0. The van der Waals surface area contributed by atoms with Gasteiger partial charge in [0.05, 0.1) is 0 Å². The number of guanidine groups is 1. The second-order valence-corrected chi connectivity index (χ2v) is 6.13. The lowest BCUT2D eigenvalue weighted by molar-refractivity contribution is 0.146. The van der Waals surface area contributed by atoms with E-state index in [9.17, 15) is 0 Å². The van der Waals surface area contributed by atoms with Crippen LogP contribution in [0.5, 0.6) is 0 Å². The summed E-state index contributed by atoms with van der Waals surface area (Å²) in [6.07, 6.45) is 8.77. The molecule has 144 valence electrons. The van der Waals surface area contributed by atoms with Gasteiger partial charge in [0.2, 0.25) is 0 Å². The summed E-state index contributed by atoms with van der Waals surface area (Å²) in [5, 5.41) is 15.1. The van der Waals surface area contributed by atoms with Crippen molar-refractivity contribution in [3.05, 3.63) is 12.2 Å². The molecule has 1 aromatic rings. The molecule has 0 bridgehead atoms. The Balaban J connectivity index is 0.00000312. The fourth-order valence-corrected chi connectivity index (χ4v) is 2.95. The fraction of sp³-hybridized carbons (Fsp3) is 0.824. The fourth-order valence-electron chi connectivity index (χ4n) is 2.95. The molecule has 1 fully saturated rings. The van der Waals surface area contributed by atoms with Crippen LogP contribution in [-0.2, 0) is 17.7 Å². The molecule has 1 aliphatic rings. The van der Waals surface area contributed by atoms with E-state index in [1.165, 1.54) is 25.7 Å². The maximum absolute atomic E-state index is 5.38. The van der Waals surface area contributed by atoms with Crippen LogP contribution in [0.2, 0.25) is 0 Å². The molecule has 2 N–H and O–H groups in total. The molecule has 0 aliphatic heterocycles. The van der Waals surface area contributed by atoms with Crippen molar-refractivity contribution < 1.29 is 4.74 Å². The molecule has 2 rings (SSSR count). The van der Waals surface area contributed by atoms with E-state index in [1.807, 2.05) is 6.92 Å². The number of rotatable bonds is 10. The second kappa shape index (κ2) is 13.3. The number of ether oxygens (including phenoxy) is 1. The molecule has 25 heavy (non-hydrogen) atoms. The van der Waals surface area contributed by atoms with Crippen LogP contribution in [0.3, 0.4) is 0 Å². The van der Waals surface area contributed by atoms with E-state index in [4.69, 9.17) is 9.73 Å². The number of nitrogens with zero attached hydrogens (tertiary/aromatic N) is 4. The number of aromatic nitrogens is 3. The quantitative estimate of drug-likeness (QED) is 0.241. The van der Waals surface area contributed by atoms with Crippen molar-refractivity contribution in [1.82, 2.24) is 25.4 Å². The Labute approximate surface area is 168 Å². The van der Waals surface area contributed by atoms with Crippen molar-refractivity contribution in [3.63, 3.8) is 0 Å². The van der Waals surface area contributed by atoms with E-state index in [1.54, 1.807) is 6.33 Å².